The molecule has 70 valence electrons. The number of halogens is 8. The van der Waals surface area contributed by atoms with Gasteiger partial charge in [-0.25, -0.2) is 0 Å². The summed E-state index contributed by atoms with van der Waals surface area (Å²) in [4.78, 5) is 0. The Labute approximate surface area is 84.5 Å². The van der Waals surface area contributed by atoms with Crippen molar-refractivity contribution in [1.82, 2.24) is 0 Å². The Kier molecular flexibility index (Phi) is 89600. The Morgan fingerprint density at radius 3 is 0.300 bits per heavy atom. The quantitative estimate of drug-likeness (QED) is 0.223. The molecule has 0 unspecified atom stereocenters. The minimum Gasteiger partial charge on any atom is -1.00 e. The first kappa shape index (κ1) is 1100. The van der Waals surface area contributed by atoms with Crippen molar-refractivity contribution in [1.29, 1.82) is 0 Å². The molecule has 0 saturated carbocycles. The van der Waals surface area contributed by atoms with E-state index in [4.69, 9.17) is 0 Å². The van der Waals surface area contributed by atoms with Crippen LogP contribution in [0.3, 0.4) is 0 Å². The van der Waals surface area contributed by atoms with E-state index in [-0.39, 0.29) is 84.5 Å². The fourth-order valence-corrected chi connectivity index (χ4v) is 0. The molecule has 0 nitrogen and oxygen atoms in total. The van der Waals surface area contributed by atoms with Crippen molar-refractivity contribution in [2.45, 2.75) is 0 Å². The van der Waals surface area contributed by atoms with Crippen LogP contribution in [0.1, 0.15) is 0 Å². The first-order chi connectivity index (χ1) is 0. The summed E-state index contributed by atoms with van der Waals surface area (Å²) >= 11 is 0. The second kappa shape index (κ2) is 812. The summed E-state index contributed by atoms with van der Waals surface area (Å²) in [5.41, 5.74) is 0. The zero-order valence-electron chi connectivity index (χ0n) is 3.93. The van der Waals surface area contributed by atoms with Crippen LogP contribution in [0.25, 0.3) is 0 Å². The Morgan fingerprint density at radius 1 is 0.300 bits per heavy atom. The molecule has 0 fully saturated rings. The molecule has 0 heterocycles. The van der Waals surface area contributed by atoms with E-state index in [9.17, 15) is 0 Å². The maximum atomic E-state index is 0. The van der Waals surface area contributed by atoms with Gasteiger partial charge < -0.3 is 37.6 Å². The zero-order valence-corrected chi connectivity index (χ0v) is 10.5. The molecular weight excluding hydrogens is 514 g/mol. The van der Waals surface area contributed by atoms with Crippen LogP contribution in [0.4, 0.5) is 0 Å². The van der Waals surface area contributed by atoms with Gasteiger partial charge in [-0.2, -0.15) is 0 Å². The molecule has 0 atom stereocenters. The van der Waals surface area contributed by atoms with Crippen LogP contribution in [0.2, 0.25) is 0 Å². The van der Waals surface area contributed by atoms with Crippen molar-refractivity contribution < 1.29 is 84.5 Å². The van der Waals surface area contributed by atoms with E-state index >= 15 is 0 Å². The fraction of sp³-hybridized carbons (Fsp3) is 0. The SMILES string of the molecule is [F-].[F-].[F-].[F-].[F-].[F-].[F-].[F-].[Hf+4].[W]. The van der Waals surface area contributed by atoms with Gasteiger partial charge in [0.1, 0.15) is 0 Å². The first-order valence-corrected chi connectivity index (χ1v) is 0. The van der Waals surface area contributed by atoms with Crippen LogP contribution in [0.5, 0.6) is 0 Å². The Balaban J connectivity index is 0. The van der Waals surface area contributed by atoms with Gasteiger partial charge in [-0.05, 0) is 0 Å². The normalized spacial score (nSPS) is 0. The number of hydrogen-bond donors (Lipinski definition) is 0. The third kappa shape index (κ3) is 577. The van der Waals surface area contributed by atoms with Gasteiger partial charge in [0.2, 0.25) is 0 Å². The topological polar surface area (TPSA) is 0 Å². The van der Waals surface area contributed by atoms with E-state index < -0.39 is 0 Å². The summed E-state index contributed by atoms with van der Waals surface area (Å²) in [7, 11) is 0. The predicted molar refractivity (Wildman–Crippen MR) is 0 cm³/mol. The first-order valence-electron chi connectivity index (χ1n) is 0. The van der Waals surface area contributed by atoms with Crippen LogP contribution in [-0.4, -0.2) is 0 Å². The molecule has 10 heteroatoms. The van der Waals surface area contributed by atoms with Gasteiger partial charge in [0, 0.05) is 21.1 Å². The molecule has 0 rings (SSSR count). The third-order valence-corrected chi connectivity index (χ3v) is 0. The third-order valence-electron chi connectivity index (χ3n) is 0. The Hall–Kier alpha value is 0.998. The molecule has 0 saturated heterocycles. The monoisotopic (exact) mass is 516 g/mol. The Morgan fingerprint density at radius 2 is 0.300 bits per heavy atom. The van der Waals surface area contributed by atoms with E-state index in [1.807, 2.05) is 0 Å². The molecule has 0 aromatic rings. The van der Waals surface area contributed by atoms with Crippen LogP contribution in [-0.2, 0) is 46.9 Å². The van der Waals surface area contributed by atoms with E-state index in [1.54, 1.807) is 0 Å². The van der Waals surface area contributed by atoms with Crippen molar-refractivity contribution in [3.63, 3.8) is 0 Å². The van der Waals surface area contributed by atoms with Gasteiger partial charge in [-0.15, -0.1) is 0 Å². The summed E-state index contributed by atoms with van der Waals surface area (Å²) < 4.78 is 0. The van der Waals surface area contributed by atoms with Gasteiger partial charge in [0.25, 0.3) is 0 Å². The van der Waals surface area contributed by atoms with Crippen molar-refractivity contribution in [2.24, 2.45) is 0 Å². The summed E-state index contributed by atoms with van der Waals surface area (Å²) in [6.45, 7) is 0. The average Bonchev–Trinajstić information content (AvgIpc) is 0. The molecule has 0 aliphatic heterocycles. The Bertz CT molecular complexity index is 9.22. The molecule has 0 amide bonds. The standard InChI is InChI=1S/8FH.Hf.W/h8*1H;;/q;;;;;;;;+4;/p-8. The van der Waals surface area contributed by atoms with E-state index in [2.05, 4.69) is 0 Å². The van der Waals surface area contributed by atoms with Crippen LogP contribution in [0.15, 0.2) is 0 Å². The smallest absolute Gasteiger partial charge is 1.00 e. The number of hydrogen-bond acceptors (Lipinski definition) is 0. The fourth-order valence-electron chi connectivity index (χ4n) is 0. The molecule has 0 aliphatic carbocycles. The second-order valence-electron chi connectivity index (χ2n) is 0. The molecule has 0 aliphatic rings. The summed E-state index contributed by atoms with van der Waals surface area (Å²) in [6, 6.07) is 0. The van der Waals surface area contributed by atoms with Crippen LogP contribution >= 0.6 is 0 Å². The molecular formula is F8HfW-4. The van der Waals surface area contributed by atoms with Crippen molar-refractivity contribution in [2.75, 3.05) is 0 Å². The van der Waals surface area contributed by atoms with E-state index in [1.165, 1.54) is 0 Å². The second-order valence-corrected chi connectivity index (χ2v) is 0. The molecule has 0 spiro atoms. The minimum absolute atomic E-state index is 0. The van der Waals surface area contributed by atoms with Crippen molar-refractivity contribution >= 4 is 0 Å². The molecule has 0 bridgehead atoms. The molecule has 0 aromatic heterocycles. The van der Waals surface area contributed by atoms with E-state index in [0.717, 1.165) is 0 Å². The molecule has 10 heavy (non-hydrogen) atoms. The summed E-state index contributed by atoms with van der Waals surface area (Å²) in [5, 5.41) is 0. The van der Waals surface area contributed by atoms with Crippen LogP contribution in [0, 0.1) is 0 Å². The largest absolute Gasteiger partial charge is 4.00 e. The van der Waals surface area contributed by atoms with Gasteiger partial charge in [0.05, 0.1) is 0 Å². The van der Waals surface area contributed by atoms with Gasteiger partial charge in [-0.1, -0.05) is 0 Å². The zero-order chi connectivity index (χ0) is 0. The molecule has 0 N–H and O–H groups in total. The van der Waals surface area contributed by atoms with Crippen LogP contribution < -0.4 is 37.6 Å². The van der Waals surface area contributed by atoms with E-state index in [0.29, 0.717) is 0 Å². The summed E-state index contributed by atoms with van der Waals surface area (Å²) in [6.07, 6.45) is 0. The maximum absolute atomic E-state index is 0. The molecule has 0 aromatic carbocycles. The maximum Gasteiger partial charge on any atom is 4.00 e. The van der Waals surface area contributed by atoms with Crippen molar-refractivity contribution in [3.8, 4) is 0 Å². The number of rotatable bonds is 0. The van der Waals surface area contributed by atoms with Gasteiger partial charge in [0.15, 0.2) is 0 Å². The predicted octanol–water partition coefficient (Wildman–Crippen LogP) is -24.0. The van der Waals surface area contributed by atoms with Gasteiger partial charge >= 0.3 is 25.8 Å². The van der Waals surface area contributed by atoms with Crippen molar-refractivity contribution in [3.05, 3.63) is 0 Å². The molecule has 0 radical (unpaired) electrons. The minimum atomic E-state index is 0. The average molecular weight is 514 g/mol. The van der Waals surface area contributed by atoms with Gasteiger partial charge in [-0.3, -0.25) is 0 Å². The summed E-state index contributed by atoms with van der Waals surface area (Å²) in [5.74, 6) is 0.